The Balaban J connectivity index is 1.64. The summed E-state index contributed by atoms with van der Waals surface area (Å²) in [6.45, 7) is 13.2. The van der Waals surface area contributed by atoms with Crippen molar-refractivity contribution in [1.29, 1.82) is 0 Å². The Kier molecular flexibility index (Phi) is 5.40. The van der Waals surface area contributed by atoms with Crippen LogP contribution >= 0.6 is 0 Å². The van der Waals surface area contributed by atoms with Gasteiger partial charge in [-0.1, -0.05) is 39.3 Å². The van der Waals surface area contributed by atoms with Crippen molar-refractivity contribution in [3.05, 3.63) is 11.6 Å². The molecule has 5 aliphatic rings. The minimum Gasteiger partial charge on any atom is -0.481 e. The number of carbonyl (C=O) groups is 2. The number of hydrogen-bond acceptors (Lipinski definition) is 4. The lowest BCUT2D eigenvalue weighted by molar-refractivity contribution is -0.218. The van der Waals surface area contributed by atoms with Crippen LogP contribution in [0.25, 0.3) is 0 Å². The van der Waals surface area contributed by atoms with Crippen molar-refractivity contribution >= 4 is 11.8 Å². The summed E-state index contributed by atoms with van der Waals surface area (Å²) in [7, 11) is 1.69. The van der Waals surface area contributed by atoms with Crippen molar-refractivity contribution in [2.24, 2.45) is 45.3 Å². The average molecular weight is 487 g/mol. The fourth-order valence-corrected chi connectivity index (χ4v) is 10.6. The van der Waals surface area contributed by atoms with E-state index >= 15 is 0 Å². The van der Waals surface area contributed by atoms with Gasteiger partial charge in [-0.2, -0.15) is 0 Å². The molecule has 5 heteroatoms. The number of allylic oxidation sites excluding steroid dienone is 1. The zero-order chi connectivity index (χ0) is 25.8. The molecule has 10 unspecified atom stereocenters. The molecule has 0 aromatic carbocycles. The van der Waals surface area contributed by atoms with Crippen LogP contribution in [-0.2, 0) is 14.3 Å². The number of hydrogen-bond donors (Lipinski definition) is 2. The van der Waals surface area contributed by atoms with Gasteiger partial charge in [-0.15, -0.1) is 0 Å². The second-order valence-corrected chi connectivity index (χ2v) is 14.1. The number of aliphatic carboxylic acids is 1. The van der Waals surface area contributed by atoms with Crippen LogP contribution in [0.5, 0.6) is 0 Å². The predicted octanol–water partition coefficient (Wildman–Crippen LogP) is 5.79. The summed E-state index contributed by atoms with van der Waals surface area (Å²) in [5.41, 5.74) is -1.63. The molecule has 0 radical (unpaired) electrons. The number of fused-ring (bicyclic) bond motifs is 7. The highest BCUT2D eigenvalue weighted by Crippen LogP contribution is 2.75. The van der Waals surface area contributed by atoms with Crippen LogP contribution in [0.4, 0.5) is 0 Å². The zero-order valence-corrected chi connectivity index (χ0v) is 22.9. The molecule has 35 heavy (non-hydrogen) atoms. The molecule has 2 N–H and O–H groups in total. The van der Waals surface area contributed by atoms with E-state index in [1.54, 1.807) is 7.11 Å². The largest absolute Gasteiger partial charge is 0.481 e. The first-order valence-electron chi connectivity index (χ1n) is 13.9. The molecule has 0 aliphatic heterocycles. The lowest BCUT2D eigenvalue weighted by atomic mass is 9.33. The third-order valence-corrected chi connectivity index (χ3v) is 13.3. The molecule has 0 heterocycles. The molecule has 5 nitrogen and oxygen atoms in total. The molecule has 0 saturated heterocycles. The third-order valence-electron chi connectivity index (χ3n) is 13.3. The maximum atomic E-state index is 13.0. The van der Waals surface area contributed by atoms with Gasteiger partial charge in [-0.3, -0.25) is 9.59 Å². The molecule has 0 amide bonds. The third kappa shape index (κ3) is 2.83. The van der Waals surface area contributed by atoms with E-state index in [0.29, 0.717) is 25.2 Å². The molecular weight excluding hydrogens is 440 g/mol. The highest BCUT2D eigenvalue weighted by atomic mass is 16.5. The first-order valence-corrected chi connectivity index (χ1v) is 13.9. The monoisotopic (exact) mass is 486 g/mol. The van der Waals surface area contributed by atoms with Crippen molar-refractivity contribution in [2.45, 2.75) is 111 Å². The number of ketones is 1. The fourth-order valence-electron chi connectivity index (χ4n) is 10.6. The highest BCUT2D eigenvalue weighted by Gasteiger charge is 2.71. The summed E-state index contributed by atoms with van der Waals surface area (Å²) in [6.07, 6.45) is 9.52. The van der Waals surface area contributed by atoms with E-state index in [-0.39, 0.29) is 39.8 Å². The lowest BCUT2D eigenvalue weighted by Gasteiger charge is -2.71. The number of rotatable bonds is 2. The van der Waals surface area contributed by atoms with Gasteiger partial charge in [0.2, 0.25) is 0 Å². The second-order valence-electron chi connectivity index (χ2n) is 14.1. The number of ether oxygens (including phenoxy) is 1. The predicted molar refractivity (Wildman–Crippen MR) is 135 cm³/mol. The molecule has 4 fully saturated rings. The van der Waals surface area contributed by atoms with Crippen molar-refractivity contribution in [2.75, 3.05) is 7.11 Å². The van der Waals surface area contributed by atoms with Crippen LogP contribution < -0.4 is 0 Å². The number of carboxylic acid groups (broad SMARTS) is 1. The summed E-state index contributed by atoms with van der Waals surface area (Å²) < 4.78 is 5.96. The molecule has 196 valence electrons. The van der Waals surface area contributed by atoms with Crippen LogP contribution in [0.3, 0.4) is 0 Å². The first-order chi connectivity index (χ1) is 16.1. The number of carboxylic acids is 1. The maximum absolute atomic E-state index is 13.0. The first kappa shape index (κ1) is 25.4. The Hall–Kier alpha value is -1.20. The summed E-state index contributed by atoms with van der Waals surface area (Å²) in [4.78, 5) is 25.9. The maximum Gasteiger partial charge on any atom is 0.310 e. The van der Waals surface area contributed by atoms with Crippen LogP contribution in [0.15, 0.2) is 11.6 Å². The number of carbonyl (C=O) groups excluding carboxylic acids is 1. The Morgan fingerprint density at radius 3 is 2.31 bits per heavy atom. The van der Waals surface area contributed by atoms with E-state index in [0.717, 1.165) is 38.5 Å². The summed E-state index contributed by atoms with van der Waals surface area (Å²) in [5.74, 6) is -0.197. The average Bonchev–Trinajstić information content (AvgIpc) is 2.79. The molecule has 5 aliphatic carbocycles. The van der Waals surface area contributed by atoms with E-state index in [4.69, 9.17) is 4.74 Å². The zero-order valence-electron chi connectivity index (χ0n) is 22.9. The minimum atomic E-state index is -1.04. The number of aliphatic hydroxyl groups is 1. The Morgan fingerprint density at radius 2 is 1.69 bits per heavy atom. The van der Waals surface area contributed by atoms with Crippen LogP contribution in [0.2, 0.25) is 0 Å². The van der Waals surface area contributed by atoms with E-state index in [9.17, 15) is 19.8 Å². The van der Waals surface area contributed by atoms with Crippen molar-refractivity contribution in [3.8, 4) is 0 Å². The topological polar surface area (TPSA) is 83.8 Å². The minimum absolute atomic E-state index is 0.0135. The summed E-state index contributed by atoms with van der Waals surface area (Å²) in [6, 6.07) is 0. The molecular formula is C30H46O5. The van der Waals surface area contributed by atoms with Gasteiger partial charge >= 0.3 is 5.97 Å². The molecule has 0 bridgehead atoms. The molecule has 0 aromatic rings. The molecule has 0 spiro atoms. The molecule has 10 atom stereocenters. The summed E-state index contributed by atoms with van der Waals surface area (Å²) >= 11 is 0. The Bertz CT molecular complexity index is 983. The molecule has 0 aromatic heterocycles. The van der Waals surface area contributed by atoms with Gasteiger partial charge in [0.25, 0.3) is 0 Å². The Morgan fingerprint density at radius 1 is 1.00 bits per heavy atom. The summed E-state index contributed by atoms with van der Waals surface area (Å²) in [5, 5.41) is 22.4. The highest BCUT2D eigenvalue weighted by molar-refractivity contribution is 5.88. The van der Waals surface area contributed by atoms with Gasteiger partial charge in [0, 0.05) is 25.4 Å². The molecule has 5 rings (SSSR count). The lowest BCUT2D eigenvalue weighted by Crippen LogP contribution is -2.68. The Labute approximate surface area is 211 Å². The van der Waals surface area contributed by atoms with Gasteiger partial charge in [0.05, 0.1) is 11.0 Å². The number of methoxy groups -OCH3 is 1. The van der Waals surface area contributed by atoms with E-state index < -0.39 is 22.6 Å². The standard InChI is InChI=1S/C30H46O5/c1-18-10-15-30(24(32)33)17-16-26(3)19(23(30)28(18,5)34)8-9-20-25(2)13-12-22(31)29(6,35-7)21(25)11-14-27(20,26)4/h8,18,20-21,23,34H,9-17H2,1-7H3,(H,32,33). The van der Waals surface area contributed by atoms with Gasteiger partial charge in [0.1, 0.15) is 5.60 Å². The van der Waals surface area contributed by atoms with E-state index in [1.165, 1.54) is 5.57 Å². The van der Waals surface area contributed by atoms with Gasteiger partial charge in [-0.05, 0) is 93.3 Å². The van der Waals surface area contributed by atoms with E-state index in [2.05, 4.69) is 33.8 Å². The van der Waals surface area contributed by atoms with Crippen LogP contribution in [0, 0.1) is 45.3 Å². The molecule has 4 saturated carbocycles. The number of Topliss-reactive ketones (excluding diaryl/α,β-unsaturated/α-hetero) is 1. The quantitative estimate of drug-likeness (QED) is 0.483. The van der Waals surface area contributed by atoms with Crippen molar-refractivity contribution in [3.63, 3.8) is 0 Å². The fraction of sp³-hybridized carbons (Fsp3) is 0.867. The van der Waals surface area contributed by atoms with Gasteiger partial charge in [-0.25, -0.2) is 0 Å². The van der Waals surface area contributed by atoms with Crippen LogP contribution in [-0.4, -0.2) is 40.3 Å². The van der Waals surface area contributed by atoms with Crippen LogP contribution in [0.1, 0.15) is 99.3 Å². The smallest absolute Gasteiger partial charge is 0.310 e. The van der Waals surface area contributed by atoms with Gasteiger partial charge < -0.3 is 14.9 Å². The normalized spacial score (nSPS) is 55.7. The van der Waals surface area contributed by atoms with Crippen molar-refractivity contribution < 1.29 is 24.5 Å². The van der Waals surface area contributed by atoms with E-state index in [1.807, 2.05) is 13.8 Å². The SMILES string of the molecule is COC1(C)C(=O)CCC2(C)C1CCC1(C)C2CC=C2C3C(C(=O)O)(CCC(C)C3(C)O)CCC21C. The van der Waals surface area contributed by atoms with Gasteiger partial charge in [0.15, 0.2) is 5.78 Å². The van der Waals surface area contributed by atoms with Crippen molar-refractivity contribution in [1.82, 2.24) is 0 Å². The second kappa shape index (κ2) is 7.43.